The number of rotatable bonds is 5. The third-order valence-corrected chi connectivity index (χ3v) is 5.52. The fraction of sp³-hybridized carbons (Fsp3) is 0.750. The number of thiophene rings is 1. The summed E-state index contributed by atoms with van der Waals surface area (Å²) in [5.41, 5.74) is 0. The number of aryl methyl sites for hydroxylation is 1. The highest BCUT2D eigenvalue weighted by molar-refractivity contribution is 7.16. The molecule has 1 aromatic heterocycles. The highest BCUT2D eigenvalue weighted by Gasteiger charge is 2.13. The fourth-order valence-electron chi connectivity index (χ4n) is 3.09. The number of ether oxygens (including phenoxy) is 1. The maximum atomic E-state index is 5.39. The van der Waals surface area contributed by atoms with Crippen LogP contribution in [0.25, 0.3) is 0 Å². The van der Waals surface area contributed by atoms with Crippen LogP contribution in [0.5, 0.6) is 0 Å². The molecule has 4 heteroatoms. The zero-order valence-corrected chi connectivity index (χ0v) is 13.2. The van der Waals surface area contributed by atoms with Gasteiger partial charge in [-0.25, -0.2) is 0 Å². The van der Waals surface area contributed by atoms with E-state index in [1.807, 2.05) is 11.3 Å². The highest BCUT2D eigenvalue weighted by Crippen LogP contribution is 2.29. The largest absolute Gasteiger partial charge is 0.379 e. The first-order chi connectivity index (χ1) is 9.92. The van der Waals surface area contributed by atoms with E-state index in [1.165, 1.54) is 56.7 Å². The van der Waals surface area contributed by atoms with Crippen LogP contribution in [0.3, 0.4) is 0 Å². The molecule has 0 radical (unpaired) electrons. The third kappa shape index (κ3) is 3.96. The van der Waals surface area contributed by atoms with Crippen LogP contribution in [0, 0.1) is 0 Å². The van der Waals surface area contributed by atoms with E-state index in [0.29, 0.717) is 0 Å². The van der Waals surface area contributed by atoms with Crippen LogP contribution in [-0.4, -0.2) is 50.8 Å². The Bertz CT molecular complexity index is 395. The van der Waals surface area contributed by atoms with Crippen molar-refractivity contribution >= 4 is 16.3 Å². The lowest BCUT2D eigenvalue weighted by Crippen LogP contribution is -2.36. The average molecular weight is 294 g/mol. The van der Waals surface area contributed by atoms with Crippen LogP contribution in [0.4, 0.5) is 5.00 Å². The fourth-order valence-corrected chi connectivity index (χ4v) is 4.19. The second kappa shape index (κ2) is 7.43. The summed E-state index contributed by atoms with van der Waals surface area (Å²) in [5, 5.41) is 1.49. The summed E-state index contributed by atoms with van der Waals surface area (Å²) >= 11 is 2.01. The van der Waals surface area contributed by atoms with Gasteiger partial charge in [0.2, 0.25) is 0 Å². The minimum atomic E-state index is 0.915. The zero-order chi connectivity index (χ0) is 13.6. The number of hydrogen-bond donors (Lipinski definition) is 0. The number of nitrogens with zero attached hydrogens (tertiary/aromatic N) is 2. The molecule has 0 bridgehead atoms. The molecule has 0 amide bonds. The standard InChI is InChI=1S/C16H26N2OS/c1-2-9-18(10-3-1)16-7-6-15(20-16)5-4-8-17-11-13-19-14-12-17/h6-7H,1-5,8-14H2. The van der Waals surface area contributed by atoms with E-state index in [0.717, 1.165) is 26.3 Å². The molecule has 20 heavy (non-hydrogen) atoms. The maximum Gasteiger partial charge on any atom is 0.0911 e. The van der Waals surface area contributed by atoms with E-state index >= 15 is 0 Å². The summed E-state index contributed by atoms with van der Waals surface area (Å²) in [4.78, 5) is 6.65. The van der Waals surface area contributed by atoms with Crippen molar-refractivity contribution in [3.63, 3.8) is 0 Å². The van der Waals surface area contributed by atoms with Gasteiger partial charge in [-0.05, 0) is 50.8 Å². The van der Waals surface area contributed by atoms with Gasteiger partial charge in [0.25, 0.3) is 0 Å². The second-order valence-electron chi connectivity index (χ2n) is 5.85. The number of piperidine rings is 1. The minimum Gasteiger partial charge on any atom is -0.379 e. The zero-order valence-electron chi connectivity index (χ0n) is 12.4. The Morgan fingerprint density at radius 3 is 2.60 bits per heavy atom. The summed E-state index contributed by atoms with van der Waals surface area (Å²) in [6.45, 7) is 7.80. The van der Waals surface area contributed by atoms with Gasteiger partial charge in [-0.2, -0.15) is 0 Å². The summed E-state index contributed by atoms with van der Waals surface area (Å²) in [6.07, 6.45) is 6.65. The lowest BCUT2D eigenvalue weighted by Gasteiger charge is -2.27. The summed E-state index contributed by atoms with van der Waals surface area (Å²) in [6, 6.07) is 4.67. The quantitative estimate of drug-likeness (QED) is 0.830. The molecular weight excluding hydrogens is 268 g/mol. The first kappa shape index (κ1) is 14.4. The Kier molecular flexibility index (Phi) is 5.34. The molecule has 112 valence electrons. The Balaban J connectivity index is 1.42. The van der Waals surface area contributed by atoms with Crippen molar-refractivity contribution in [3.8, 4) is 0 Å². The molecule has 2 aliphatic heterocycles. The van der Waals surface area contributed by atoms with Crippen LogP contribution >= 0.6 is 11.3 Å². The van der Waals surface area contributed by atoms with Crippen molar-refractivity contribution in [1.82, 2.24) is 4.90 Å². The Morgan fingerprint density at radius 1 is 1.00 bits per heavy atom. The highest BCUT2D eigenvalue weighted by atomic mass is 32.1. The van der Waals surface area contributed by atoms with E-state index in [9.17, 15) is 0 Å². The summed E-state index contributed by atoms with van der Waals surface area (Å²) in [5.74, 6) is 0. The number of hydrogen-bond acceptors (Lipinski definition) is 4. The molecule has 3 rings (SSSR count). The number of morpholine rings is 1. The first-order valence-corrected chi connectivity index (χ1v) is 8.87. The average Bonchev–Trinajstić information content (AvgIpc) is 2.98. The molecule has 0 unspecified atom stereocenters. The van der Waals surface area contributed by atoms with E-state index in [-0.39, 0.29) is 0 Å². The van der Waals surface area contributed by atoms with E-state index in [1.54, 1.807) is 4.88 Å². The molecular formula is C16H26N2OS. The Hall–Kier alpha value is -0.580. The van der Waals surface area contributed by atoms with Crippen LogP contribution < -0.4 is 4.90 Å². The molecule has 3 heterocycles. The molecule has 0 aromatic carbocycles. The lowest BCUT2D eigenvalue weighted by atomic mass is 10.1. The third-order valence-electron chi connectivity index (χ3n) is 4.32. The predicted octanol–water partition coefficient (Wildman–Crippen LogP) is 3.00. The van der Waals surface area contributed by atoms with Crippen LogP contribution in [-0.2, 0) is 11.2 Å². The van der Waals surface area contributed by atoms with E-state index in [4.69, 9.17) is 4.74 Å². The van der Waals surface area contributed by atoms with Gasteiger partial charge in [-0.3, -0.25) is 4.90 Å². The molecule has 2 aliphatic rings. The van der Waals surface area contributed by atoms with E-state index in [2.05, 4.69) is 21.9 Å². The lowest BCUT2D eigenvalue weighted by molar-refractivity contribution is 0.0375. The summed E-state index contributed by atoms with van der Waals surface area (Å²) < 4.78 is 5.39. The van der Waals surface area contributed by atoms with Gasteiger partial charge in [-0.1, -0.05) is 0 Å². The normalized spacial score (nSPS) is 21.3. The van der Waals surface area contributed by atoms with Crippen molar-refractivity contribution in [2.45, 2.75) is 32.1 Å². The Morgan fingerprint density at radius 2 is 1.80 bits per heavy atom. The van der Waals surface area contributed by atoms with Crippen molar-refractivity contribution in [2.24, 2.45) is 0 Å². The van der Waals surface area contributed by atoms with E-state index < -0.39 is 0 Å². The SMILES string of the molecule is c1cc(N2CCCCC2)sc1CCCN1CCOCC1. The molecule has 1 aromatic rings. The predicted molar refractivity (Wildman–Crippen MR) is 86.0 cm³/mol. The molecule has 3 nitrogen and oxygen atoms in total. The molecule has 0 aliphatic carbocycles. The molecule has 0 N–H and O–H groups in total. The first-order valence-electron chi connectivity index (χ1n) is 8.05. The second-order valence-corrected chi connectivity index (χ2v) is 6.99. The molecule has 0 atom stereocenters. The van der Waals surface area contributed by atoms with Crippen LogP contribution in [0.1, 0.15) is 30.6 Å². The number of anilines is 1. The van der Waals surface area contributed by atoms with Crippen LogP contribution in [0.2, 0.25) is 0 Å². The van der Waals surface area contributed by atoms with Gasteiger partial charge < -0.3 is 9.64 Å². The molecule has 0 saturated carbocycles. The van der Waals surface area contributed by atoms with Crippen molar-refractivity contribution in [3.05, 3.63) is 17.0 Å². The van der Waals surface area contributed by atoms with Crippen LogP contribution in [0.15, 0.2) is 12.1 Å². The van der Waals surface area contributed by atoms with Gasteiger partial charge >= 0.3 is 0 Å². The van der Waals surface area contributed by atoms with Crippen molar-refractivity contribution in [2.75, 3.05) is 50.8 Å². The summed E-state index contributed by atoms with van der Waals surface area (Å²) in [7, 11) is 0. The van der Waals surface area contributed by atoms with Crippen molar-refractivity contribution in [1.29, 1.82) is 0 Å². The Labute approximate surface area is 126 Å². The molecule has 2 fully saturated rings. The van der Waals surface area contributed by atoms with Crippen molar-refractivity contribution < 1.29 is 4.74 Å². The van der Waals surface area contributed by atoms with Gasteiger partial charge in [0.05, 0.1) is 18.2 Å². The van der Waals surface area contributed by atoms with Gasteiger partial charge in [-0.15, -0.1) is 11.3 Å². The molecule has 0 spiro atoms. The minimum absolute atomic E-state index is 0.915. The maximum absolute atomic E-state index is 5.39. The van der Waals surface area contributed by atoms with Gasteiger partial charge in [0, 0.05) is 31.1 Å². The monoisotopic (exact) mass is 294 g/mol. The molecule has 2 saturated heterocycles. The smallest absolute Gasteiger partial charge is 0.0911 e. The topological polar surface area (TPSA) is 15.7 Å². The van der Waals surface area contributed by atoms with Gasteiger partial charge in [0.15, 0.2) is 0 Å². The van der Waals surface area contributed by atoms with Gasteiger partial charge in [0.1, 0.15) is 0 Å².